The average Bonchev–Trinajstić information content (AvgIpc) is 2.39. The van der Waals surface area contributed by atoms with Crippen LogP contribution in [0.3, 0.4) is 0 Å². The van der Waals surface area contributed by atoms with Crippen molar-refractivity contribution in [1.29, 1.82) is 0 Å². The Morgan fingerprint density at radius 3 is 2.79 bits per heavy atom. The maximum Gasteiger partial charge on any atom is 0.119 e. The van der Waals surface area contributed by atoms with Gasteiger partial charge < -0.3 is 14.7 Å². The fraction of sp³-hybridized carbons (Fsp3) is 0.625. The van der Waals surface area contributed by atoms with Crippen molar-refractivity contribution >= 4 is 0 Å². The number of β-amino-alcohol motifs (C(OH)–C–C–N with tert-alkyl or cyclic N) is 1. The van der Waals surface area contributed by atoms with Gasteiger partial charge in [-0.05, 0) is 56.5 Å². The number of ether oxygens (including phenoxy) is 1. The van der Waals surface area contributed by atoms with Gasteiger partial charge in [-0.1, -0.05) is 19.1 Å². The lowest BCUT2D eigenvalue weighted by atomic mass is 9.99. The van der Waals surface area contributed by atoms with Crippen LogP contribution in [0, 0.1) is 12.8 Å². The Kier molecular flexibility index (Phi) is 5.23. The van der Waals surface area contributed by atoms with Gasteiger partial charge in [0.05, 0.1) is 0 Å². The van der Waals surface area contributed by atoms with E-state index in [0.717, 1.165) is 31.3 Å². The molecule has 1 atom stereocenters. The molecule has 0 aliphatic carbocycles. The van der Waals surface area contributed by atoms with E-state index in [1.54, 1.807) is 0 Å². The van der Waals surface area contributed by atoms with Crippen LogP contribution in [0.5, 0.6) is 5.75 Å². The van der Waals surface area contributed by atoms with Gasteiger partial charge in [0.1, 0.15) is 18.5 Å². The second-order valence-corrected chi connectivity index (χ2v) is 5.76. The summed E-state index contributed by atoms with van der Waals surface area (Å²) < 4.78 is 5.63. The van der Waals surface area contributed by atoms with E-state index >= 15 is 0 Å². The third kappa shape index (κ3) is 4.84. The molecule has 0 unspecified atom stereocenters. The van der Waals surface area contributed by atoms with Crippen LogP contribution in [0.25, 0.3) is 0 Å². The molecule has 0 aromatic heterocycles. The summed E-state index contributed by atoms with van der Waals surface area (Å²) in [5.74, 6) is 1.67. The number of aryl methyl sites for hydroxylation is 1. The predicted octanol–water partition coefficient (Wildman–Crippen LogP) is 2.47. The Morgan fingerprint density at radius 1 is 1.37 bits per heavy atom. The number of aliphatic hydroxyl groups excluding tert-OH is 1. The first-order valence-electron chi connectivity index (χ1n) is 7.23. The number of benzene rings is 1. The molecule has 19 heavy (non-hydrogen) atoms. The zero-order valence-electron chi connectivity index (χ0n) is 12.0. The van der Waals surface area contributed by atoms with E-state index in [0.29, 0.717) is 6.61 Å². The third-order valence-corrected chi connectivity index (χ3v) is 3.78. The molecule has 1 aromatic rings. The summed E-state index contributed by atoms with van der Waals surface area (Å²) in [5, 5.41) is 10.0. The summed E-state index contributed by atoms with van der Waals surface area (Å²) in [7, 11) is 0. The van der Waals surface area contributed by atoms with Crippen molar-refractivity contribution in [2.24, 2.45) is 5.92 Å². The smallest absolute Gasteiger partial charge is 0.119 e. The van der Waals surface area contributed by atoms with Crippen LogP contribution >= 0.6 is 0 Å². The fourth-order valence-corrected chi connectivity index (χ4v) is 2.49. The third-order valence-electron chi connectivity index (χ3n) is 3.78. The van der Waals surface area contributed by atoms with Crippen molar-refractivity contribution in [3.8, 4) is 5.75 Å². The molecule has 1 heterocycles. The zero-order valence-corrected chi connectivity index (χ0v) is 12.0. The second-order valence-electron chi connectivity index (χ2n) is 5.76. The number of likely N-dealkylation sites (tertiary alicyclic amines) is 1. The molecule has 0 radical (unpaired) electrons. The highest BCUT2D eigenvalue weighted by atomic mass is 16.5. The molecule has 3 heteroatoms. The number of hydrogen-bond donors (Lipinski definition) is 1. The Morgan fingerprint density at radius 2 is 2.11 bits per heavy atom. The highest BCUT2D eigenvalue weighted by Gasteiger charge is 2.18. The number of aliphatic hydroxyl groups is 1. The molecule has 2 rings (SSSR count). The first-order chi connectivity index (χ1) is 9.13. The summed E-state index contributed by atoms with van der Waals surface area (Å²) in [4.78, 5) is 2.34. The van der Waals surface area contributed by atoms with Gasteiger partial charge in [0.15, 0.2) is 0 Å². The highest BCUT2D eigenvalue weighted by Crippen LogP contribution is 2.16. The molecule has 0 bridgehead atoms. The van der Waals surface area contributed by atoms with Crippen LogP contribution in [0.1, 0.15) is 25.3 Å². The summed E-state index contributed by atoms with van der Waals surface area (Å²) in [6, 6.07) is 7.94. The molecule has 106 valence electrons. The van der Waals surface area contributed by atoms with Gasteiger partial charge in [0, 0.05) is 6.54 Å². The normalized spacial score (nSPS) is 19.3. The van der Waals surface area contributed by atoms with Crippen LogP contribution in [0.2, 0.25) is 0 Å². The van der Waals surface area contributed by atoms with Gasteiger partial charge in [0.2, 0.25) is 0 Å². The molecule has 1 saturated heterocycles. The molecule has 1 aliphatic heterocycles. The first-order valence-corrected chi connectivity index (χ1v) is 7.23. The minimum absolute atomic E-state index is 0.371. The monoisotopic (exact) mass is 263 g/mol. The van der Waals surface area contributed by atoms with E-state index in [4.69, 9.17) is 4.74 Å². The van der Waals surface area contributed by atoms with Gasteiger partial charge in [-0.3, -0.25) is 0 Å². The van der Waals surface area contributed by atoms with Crippen molar-refractivity contribution in [3.05, 3.63) is 29.8 Å². The minimum Gasteiger partial charge on any atom is -0.491 e. The van der Waals surface area contributed by atoms with Crippen molar-refractivity contribution in [2.75, 3.05) is 26.2 Å². The molecule has 1 aromatic carbocycles. The maximum atomic E-state index is 10.0. The maximum absolute atomic E-state index is 10.0. The Hall–Kier alpha value is -1.06. The molecule has 0 amide bonds. The largest absolute Gasteiger partial charge is 0.491 e. The van der Waals surface area contributed by atoms with Crippen molar-refractivity contribution < 1.29 is 9.84 Å². The molecular formula is C16H25NO2. The number of nitrogens with zero attached hydrogens (tertiary/aromatic N) is 1. The fourth-order valence-electron chi connectivity index (χ4n) is 2.49. The summed E-state index contributed by atoms with van der Waals surface area (Å²) in [6.45, 7) is 7.63. The van der Waals surface area contributed by atoms with Gasteiger partial charge >= 0.3 is 0 Å². The van der Waals surface area contributed by atoms with E-state index in [1.165, 1.54) is 18.4 Å². The SMILES string of the molecule is Cc1cccc(OC[C@H](O)CN2CCC(C)CC2)c1. The topological polar surface area (TPSA) is 32.7 Å². The lowest BCUT2D eigenvalue weighted by molar-refractivity contribution is 0.0563. The van der Waals surface area contributed by atoms with Crippen molar-refractivity contribution in [3.63, 3.8) is 0 Å². The van der Waals surface area contributed by atoms with Gasteiger partial charge in [-0.2, -0.15) is 0 Å². The predicted molar refractivity (Wildman–Crippen MR) is 77.5 cm³/mol. The van der Waals surface area contributed by atoms with Crippen LogP contribution < -0.4 is 4.74 Å². The van der Waals surface area contributed by atoms with Crippen molar-refractivity contribution in [2.45, 2.75) is 32.8 Å². The van der Waals surface area contributed by atoms with Crippen LogP contribution in [-0.4, -0.2) is 42.4 Å². The standard InChI is InChI=1S/C16H25NO2/c1-13-6-8-17(9-7-13)11-15(18)12-19-16-5-3-4-14(2)10-16/h3-5,10,13,15,18H,6-9,11-12H2,1-2H3/t15-/m1/s1. The number of rotatable bonds is 5. The van der Waals surface area contributed by atoms with E-state index < -0.39 is 6.10 Å². The number of piperidine rings is 1. The lowest BCUT2D eigenvalue weighted by Gasteiger charge is -2.31. The van der Waals surface area contributed by atoms with Crippen LogP contribution in [-0.2, 0) is 0 Å². The minimum atomic E-state index is -0.408. The zero-order chi connectivity index (χ0) is 13.7. The Balaban J connectivity index is 1.71. The van der Waals surface area contributed by atoms with E-state index in [9.17, 15) is 5.11 Å². The molecule has 1 aliphatic rings. The van der Waals surface area contributed by atoms with E-state index in [-0.39, 0.29) is 0 Å². The molecular weight excluding hydrogens is 238 g/mol. The molecule has 1 N–H and O–H groups in total. The quantitative estimate of drug-likeness (QED) is 0.886. The molecule has 0 spiro atoms. The summed E-state index contributed by atoms with van der Waals surface area (Å²) >= 11 is 0. The van der Waals surface area contributed by atoms with Gasteiger partial charge in [0.25, 0.3) is 0 Å². The first kappa shape index (κ1) is 14.4. The summed E-state index contributed by atoms with van der Waals surface area (Å²) in [6.07, 6.45) is 2.07. The van der Waals surface area contributed by atoms with Crippen molar-refractivity contribution in [1.82, 2.24) is 4.90 Å². The van der Waals surface area contributed by atoms with E-state index in [1.807, 2.05) is 31.2 Å². The second kappa shape index (κ2) is 6.92. The highest BCUT2D eigenvalue weighted by molar-refractivity contribution is 5.27. The molecule has 3 nitrogen and oxygen atoms in total. The molecule has 1 fully saturated rings. The molecule has 0 saturated carbocycles. The Labute approximate surface area is 116 Å². The summed E-state index contributed by atoms with van der Waals surface area (Å²) in [5.41, 5.74) is 1.18. The van der Waals surface area contributed by atoms with E-state index in [2.05, 4.69) is 11.8 Å². The number of hydrogen-bond acceptors (Lipinski definition) is 3. The average molecular weight is 263 g/mol. The van der Waals surface area contributed by atoms with Gasteiger partial charge in [-0.15, -0.1) is 0 Å². The lowest BCUT2D eigenvalue weighted by Crippen LogP contribution is -2.40. The van der Waals surface area contributed by atoms with Crippen LogP contribution in [0.4, 0.5) is 0 Å². The van der Waals surface area contributed by atoms with Crippen LogP contribution in [0.15, 0.2) is 24.3 Å². The Bertz CT molecular complexity index is 386. The van der Waals surface area contributed by atoms with Gasteiger partial charge in [-0.25, -0.2) is 0 Å².